The highest BCUT2D eigenvalue weighted by Gasteiger charge is 2.33. The van der Waals surface area contributed by atoms with E-state index in [1.165, 1.54) is 0 Å². The molecule has 3 aromatic carbocycles. The highest BCUT2D eigenvalue weighted by molar-refractivity contribution is 7.86. The van der Waals surface area contributed by atoms with E-state index in [4.69, 9.17) is 9.22 Å². The molecule has 3 aromatic rings. The van der Waals surface area contributed by atoms with Gasteiger partial charge >= 0.3 is 10.1 Å². The third-order valence-electron chi connectivity index (χ3n) is 6.56. The molecule has 0 heterocycles. The molecule has 6 heteroatoms. The van der Waals surface area contributed by atoms with Crippen molar-refractivity contribution in [2.45, 2.75) is 49.5 Å². The third kappa shape index (κ3) is 2.90. The van der Waals surface area contributed by atoms with Gasteiger partial charge in [-0.05, 0) is 52.8 Å². The summed E-state index contributed by atoms with van der Waals surface area (Å²) in [5, 5.41) is 1.61. The van der Waals surface area contributed by atoms with Crippen molar-refractivity contribution in [1.82, 2.24) is 0 Å². The molecule has 0 amide bonds. The van der Waals surface area contributed by atoms with E-state index in [2.05, 4.69) is 13.8 Å². The first-order valence-corrected chi connectivity index (χ1v) is 11.6. The molecule has 3 atom stereocenters. The number of rotatable bonds is 4. The summed E-state index contributed by atoms with van der Waals surface area (Å²) >= 11 is 0. The minimum absolute atomic E-state index is 0.0630. The quantitative estimate of drug-likeness (QED) is 0.442. The summed E-state index contributed by atoms with van der Waals surface area (Å²) in [4.78, 5) is 17.9. The zero-order valence-electron chi connectivity index (χ0n) is 16.8. The summed E-state index contributed by atoms with van der Waals surface area (Å²) in [5.41, 5.74) is 3.79. The fourth-order valence-electron chi connectivity index (χ4n) is 4.75. The van der Waals surface area contributed by atoms with Crippen molar-refractivity contribution in [3.63, 3.8) is 0 Å². The number of aryl methyl sites for hydroxylation is 1. The molecule has 0 saturated carbocycles. The molecular formula is C24H22O5S. The molecule has 0 fully saturated rings. The zero-order chi connectivity index (χ0) is 21.0. The van der Waals surface area contributed by atoms with E-state index < -0.39 is 16.2 Å². The second-order valence-corrected chi connectivity index (χ2v) is 9.65. The van der Waals surface area contributed by atoms with Crippen LogP contribution in [-0.4, -0.2) is 20.3 Å². The number of hydrogen-bond acceptors (Lipinski definition) is 5. The summed E-state index contributed by atoms with van der Waals surface area (Å²) in [5.74, 6) is 0.382. The first-order chi connectivity index (χ1) is 14.4. The van der Waals surface area contributed by atoms with E-state index in [1.54, 1.807) is 24.3 Å². The van der Waals surface area contributed by atoms with E-state index in [0.717, 1.165) is 22.1 Å². The summed E-state index contributed by atoms with van der Waals surface area (Å²) in [6.07, 6.45) is 0.0725. The summed E-state index contributed by atoms with van der Waals surface area (Å²) in [6, 6.07) is 16.4. The lowest BCUT2D eigenvalue weighted by Crippen LogP contribution is -2.31. The minimum Gasteiger partial charge on any atom is -0.291 e. The fourth-order valence-corrected chi connectivity index (χ4v) is 5.69. The molecule has 0 spiro atoms. The monoisotopic (exact) mass is 422 g/mol. The maximum absolute atomic E-state index is 13.0. The Morgan fingerprint density at radius 2 is 1.63 bits per heavy atom. The van der Waals surface area contributed by atoms with Crippen LogP contribution in [0.4, 0.5) is 0 Å². The van der Waals surface area contributed by atoms with Gasteiger partial charge in [0.25, 0.3) is 0 Å². The number of Topliss-reactive ketones (excluding diaryl/α,β-unsaturated/α-hetero) is 1. The van der Waals surface area contributed by atoms with Crippen LogP contribution in [0, 0.1) is 0 Å². The molecule has 0 radical (unpaired) electrons. The van der Waals surface area contributed by atoms with Crippen LogP contribution in [0.2, 0.25) is 0 Å². The van der Waals surface area contributed by atoms with Crippen LogP contribution in [0.3, 0.4) is 0 Å². The Labute approximate surface area is 175 Å². The van der Waals surface area contributed by atoms with E-state index in [9.17, 15) is 13.2 Å². The average molecular weight is 423 g/mol. The Morgan fingerprint density at radius 1 is 0.900 bits per heavy atom. The SMILES string of the molecule is CC1c2cccc3c(S(=O)(=O)OOC4CCc5ccccc5C4=O)ccc(c23)C1C. The fraction of sp³-hybridized carbons (Fsp3) is 0.292. The number of carbonyl (C=O) groups is 1. The van der Waals surface area contributed by atoms with Gasteiger partial charge < -0.3 is 0 Å². The second-order valence-electron chi connectivity index (χ2n) is 8.17. The molecular weight excluding hydrogens is 400 g/mol. The van der Waals surface area contributed by atoms with Crippen LogP contribution in [0.25, 0.3) is 10.8 Å². The van der Waals surface area contributed by atoms with Crippen LogP contribution in [0.5, 0.6) is 0 Å². The second kappa shape index (κ2) is 7.01. The highest BCUT2D eigenvalue weighted by Crippen LogP contribution is 2.47. The van der Waals surface area contributed by atoms with Crippen LogP contribution in [0.1, 0.15) is 59.2 Å². The standard InChI is InChI=1S/C24H22O5S/c1-14-15(2)18-11-13-22(20-9-5-8-17(14)23(18)20)30(26,27)29-28-21-12-10-16-6-3-4-7-19(16)24(21)25/h3-9,11,13-15,21H,10,12H2,1-2H3. The number of benzene rings is 3. The van der Waals surface area contributed by atoms with E-state index in [1.807, 2.05) is 30.3 Å². The van der Waals surface area contributed by atoms with Gasteiger partial charge in [0, 0.05) is 10.9 Å². The molecule has 0 bridgehead atoms. The van der Waals surface area contributed by atoms with Gasteiger partial charge in [-0.1, -0.05) is 62.4 Å². The maximum Gasteiger partial charge on any atom is 0.323 e. The highest BCUT2D eigenvalue weighted by atomic mass is 32.2. The number of ketones is 1. The van der Waals surface area contributed by atoms with Crippen molar-refractivity contribution in [2.75, 3.05) is 0 Å². The smallest absolute Gasteiger partial charge is 0.291 e. The maximum atomic E-state index is 13.0. The molecule has 0 N–H and O–H groups in total. The van der Waals surface area contributed by atoms with E-state index >= 15 is 0 Å². The van der Waals surface area contributed by atoms with Gasteiger partial charge in [-0.15, -0.1) is 4.33 Å². The number of hydrogen-bond donors (Lipinski definition) is 0. The van der Waals surface area contributed by atoms with Crippen molar-refractivity contribution in [2.24, 2.45) is 0 Å². The predicted molar refractivity (Wildman–Crippen MR) is 113 cm³/mol. The Morgan fingerprint density at radius 3 is 2.43 bits per heavy atom. The molecule has 154 valence electrons. The van der Waals surface area contributed by atoms with Crippen molar-refractivity contribution in [3.05, 3.63) is 76.9 Å². The Balaban J connectivity index is 1.45. The van der Waals surface area contributed by atoms with E-state index in [-0.39, 0.29) is 10.7 Å². The largest absolute Gasteiger partial charge is 0.323 e. The lowest BCUT2D eigenvalue weighted by Gasteiger charge is -2.22. The first-order valence-electron chi connectivity index (χ1n) is 10.2. The number of fused-ring (bicyclic) bond motifs is 1. The van der Waals surface area contributed by atoms with Gasteiger partial charge in [0.15, 0.2) is 11.9 Å². The van der Waals surface area contributed by atoms with Gasteiger partial charge in [-0.25, -0.2) is 4.89 Å². The number of carbonyl (C=O) groups excluding carboxylic acids is 1. The normalized spacial score (nSPS) is 23.0. The molecule has 0 aromatic heterocycles. The molecule has 3 unspecified atom stereocenters. The van der Waals surface area contributed by atoms with Crippen LogP contribution in [-0.2, 0) is 25.8 Å². The summed E-state index contributed by atoms with van der Waals surface area (Å²) in [6.45, 7) is 4.31. The van der Waals surface area contributed by atoms with Gasteiger partial charge in [0.1, 0.15) is 4.90 Å². The Kier molecular flexibility index (Phi) is 4.54. The Hall–Kier alpha value is -2.54. The van der Waals surface area contributed by atoms with Crippen LogP contribution >= 0.6 is 0 Å². The summed E-state index contributed by atoms with van der Waals surface area (Å²) in [7, 11) is -4.20. The molecule has 2 aliphatic carbocycles. The molecule has 0 aliphatic heterocycles. The van der Waals surface area contributed by atoms with Crippen LogP contribution < -0.4 is 0 Å². The van der Waals surface area contributed by atoms with Crippen molar-refractivity contribution >= 4 is 26.7 Å². The molecule has 30 heavy (non-hydrogen) atoms. The topological polar surface area (TPSA) is 69.7 Å². The van der Waals surface area contributed by atoms with E-state index in [0.29, 0.717) is 35.6 Å². The van der Waals surface area contributed by atoms with Gasteiger partial charge in [-0.2, -0.15) is 8.42 Å². The van der Waals surface area contributed by atoms with Crippen LogP contribution in [0.15, 0.2) is 59.5 Å². The molecule has 0 saturated heterocycles. The third-order valence-corrected chi connectivity index (χ3v) is 7.71. The van der Waals surface area contributed by atoms with Crippen molar-refractivity contribution in [3.8, 4) is 0 Å². The zero-order valence-corrected chi connectivity index (χ0v) is 17.6. The average Bonchev–Trinajstić information content (AvgIpc) is 3.00. The molecule has 5 nitrogen and oxygen atoms in total. The minimum atomic E-state index is -4.20. The van der Waals surface area contributed by atoms with Gasteiger partial charge in [0.05, 0.1) is 0 Å². The van der Waals surface area contributed by atoms with Gasteiger partial charge in [0.2, 0.25) is 0 Å². The first kappa shape index (κ1) is 19.4. The predicted octanol–water partition coefficient (Wildman–Crippen LogP) is 4.90. The van der Waals surface area contributed by atoms with Crippen molar-refractivity contribution in [1.29, 1.82) is 0 Å². The van der Waals surface area contributed by atoms with Gasteiger partial charge in [-0.3, -0.25) is 4.79 Å². The molecule has 2 aliphatic rings. The lowest BCUT2D eigenvalue weighted by molar-refractivity contribution is -0.226. The Bertz CT molecular complexity index is 1260. The lowest BCUT2D eigenvalue weighted by atomic mass is 9.89. The molecule has 5 rings (SSSR count). The summed E-state index contributed by atoms with van der Waals surface area (Å²) < 4.78 is 30.9. The van der Waals surface area contributed by atoms with Crippen molar-refractivity contribution < 1.29 is 22.4 Å².